The third-order valence-electron chi connectivity index (χ3n) is 4.33. The number of nitrogens with two attached hydrogens (primary N) is 1. The van der Waals surface area contributed by atoms with E-state index < -0.39 is 16.6 Å². The first-order chi connectivity index (χ1) is 14.2. The van der Waals surface area contributed by atoms with Crippen LogP contribution in [0.3, 0.4) is 0 Å². The molecule has 1 aromatic heterocycles. The van der Waals surface area contributed by atoms with Crippen LogP contribution in [-0.2, 0) is 11.3 Å². The number of anilines is 1. The number of carbonyl (C=O) groups is 1. The molecule has 3 aromatic rings. The monoisotopic (exact) mass is 410 g/mol. The van der Waals surface area contributed by atoms with E-state index in [2.05, 4.69) is 10.3 Å². The number of fused-ring (bicyclic) bond motifs is 1. The Morgan fingerprint density at radius 3 is 2.63 bits per heavy atom. The minimum absolute atomic E-state index is 0.102. The van der Waals surface area contributed by atoms with Crippen molar-refractivity contribution in [2.45, 2.75) is 26.1 Å². The van der Waals surface area contributed by atoms with E-state index in [-0.39, 0.29) is 17.9 Å². The van der Waals surface area contributed by atoms with Crippen molar-refractivity contribution in [2.24, 2.45) is 5.73 Å². The lowest BCUT2D eigenvalue weighted by Crippen LogP contribution is -2.37. The number of pyridine rings is 1. The standard InChI is InChI=1S/C21H22N4O5/c1-21(2,30-20(22)26)13-24-19-16-10-15(29-12-14-6-4-3-5-7-14)8-9-17(16)23-11-18(19)25(27)28/h3-11H,12-13H2,1-2H3,(H2,22,26)(H,23,24). The highest BCUT2D eigenvalue weighted by atomic mass is 16.6. The minimum atomic E-state index is -0.975. The number of nitrogens with one attached hydrogen (secondary N) is 1. The summed E-state index contributed by atoms with van der Waals surface area (Å²) in [7, 11) is 0. The van der Waals surface area contributed by atoms with Crippen LogP contribution >= 0.6 is 0 Å². The van der Waals surface area contributed by atoms with Crippen LogP contribution in [-0.4, -0.2) is 28.1 Å². The Bertz CT molecular complexity index is 1070. The Morgan fingerprint density at radius 1 is 1.23 bits per heavy atom. The van der Waals surface area contributed by atoms with Gasteiger partial charge < -0.3 is 20.5 Å². The average molecular weight is 410 g/mol. The molecule has 0 aliphatic heterocycles. The fraction of sp³-hybridized carbons (Fsp3) is 0.238. The number of rotatable bonds is 8. The van der Waals surface area contributed by atoms with Crippen molar-refractivity contribution in [1.29, 1.82) is 0 Å². The van der Waals surface area contributed by atoms with Gasteiger partial charge in [-0.05, 0) is 37.6 Å². The predicted octanol–water partition coefficient (Wildman–Crippen LogP) is 4.01. The zero-order valence-corrected chi connectivity index (χ0v) is 16.6. The average Bonchev–Trinajstić information content (AvgIpc) is 2.70. The molecule has 0 aliphatic carbocycles. The molecule has 0 atom stereocenters. The minimum Gasteiger partial charge on any atom is -0.489 e. The number of primary amides is 1. The van der Waals surface area contributed by atoms with Gasteiger partial charge in [0.2, 0.25) is 0 Å². The Kier molecular flexibility index (Phi) is 6.01. The smallest absolute Gasteiger partial charge is 0.405 e. The third kappa shape index (κ3) is 5.13. The van der Waals surface area contributed by atoms with E-state index >= 15 is 0 Å². The molecular formula is C21H22N4O5. The van der Waals surface area contributed by atoms with Crippen LogP contribution in [0.1, 0.15) is 19.4 Å². The van der Waals surface area contributed by atoms with Gasteiger partial charge >= 0.3 is 11.8 Å². The van der Waals surface area contributed by atoms with Gasteiger partial charge in [-0.1, -0.05) is 30.3 Å². The molecule has 0 spiro atoms. The summed E-state index contributed by atoms with van der Waals surface area (Å²) in [6.07, 6.45) is 0.268. The Hall–Kier alpha value is -3.88. The van der Waals surface area contributed by atoms with Crippen molar-refractivity contribution in [2.75, 3.05) is 11.9 Å². The first-order valence-corrected chi connectivity index (χ1v) is 9.21. The van der Waals surface area contributed by atoms with Gasteiger partial charge in [-0.3, -0.25) is 10.1 Å². The maximum absolute atomic E-state index is 11.6. The van der Waals surface area contributed by atoms with E-state index in [1.807, 2.05) is 30.3 Å². The van der Waals surface area contributed by atoms with E-state index in [9.17, 15) is 14.9 Å². The van der Waals surface area contributed by atoms with Crippen molar-refractivity contribution in [3.63, 3.8) is 0 Å². The molecule has 1 amide bonds. The molecule has 3 rings (SSSR count). The summed E-state index contributed by atoms with van der Waals surface area (Å²) in [6.45, 7) is 3.75. The zero-order valence-electron chi connectivity index (χ0n) is 16.6. The molecule has 1 heterocycles. The summed E-state index contributed by atoms with van der Waals surface area (Å²) >= 11 is 0. The zero-order chi connectivity index (χ0) is 21.7. The van der Waals surface area contributed by atoms with Crippen molar-refractivity contribution in [1.82, 2.24) is 4.98 Å². The lowest BCUT2D eigenvalue weighted by atomic mass is 10.1. The number of hydrogen-bond donors (Lipinski definition) is 2. The number of amides is 1. The highest BCUT2D eigenvalue weighted by Gasteiger charge is 2.25. The first-order valence-electron chi connectivity index (χ1n) is 9.21. The van der Waals surface area contributed by atoms with Crippen LogP contribution in [0, 0.1) is 10.1 Å². The van der Waals surface area contributed by atoms with E-state index in [0.717, 1.165) is 5.56 Å². The lowest BCUT2D eigenvalue weighted by Gasteiger charge is -2.25. The summed E-state index contributed by atoms with van der Waals surface area (Å²) in [5.41, 5.74) is 5.74. The lowest BCUT2D eigenvalue weighted by molar-refractivity contribution is -0.384. The van der Waals surface area contributed by atoms with Gasteiger partial charge in [0.25, 0.3) is 0 Å². The molecule has 0 saturated carbocycles. The number of aromatic nitrogens is 1. The summed E-state index contributed by atoms with van der Waals surface area (Å²) in [5.74, 6) is 0.546. The summed E-state index contributed by atoms with van der Waals surface area (Å²) in [5, 5.41) is 15.1. The molecule has 9 heteroatoms. The Balaban J connectivity index is 1.92. The molecule has 30 heavy (non-hydrogen) atoms. The second kappa shape index (κ2) is 8.64. The first kappa shape index (κ1) is 20.8. The van der Waals surface area contributed by atoms with Gasteiger partial charge in [0, 0.05) is 5.39 Å². The predicted molar refractivity (Wildman–Crippen MR) is 112 cm³/mol. The molecule has 0 saturated heterocycles. The van der Waals surface area contributed by atoms with Crippen LogP contribution in [0.4, 0.5) is 16.2 Å². The van der Waals surface area contributed by atoms with Crippen molar-refractivity contribution >= 4 is 28.4 Å². The second-order valence-electron chi connectivity index (χ2n) is 7.26. The number of benzene rings is 2. The molecule has 0 unspecified atom stereocenters. The fourth-order valence-corrected chi connectivity index (χ4v) is 2.93. The van der Waals surface area contributed by atoms with Crippen LogP contribution in [0.25, 0.3) is 10.9 Å². The molecule has 0 aliphatic rings. The highest BCUT2D eigenvalue weighted by Crippen LogP contribution is 2.34. The summed E-state index contributed by atoms with van der Waals surface area (Å²) in [4.78, 5) is 26.3. The maximum Gasteiger partial charge on any atom is 0.405 e. The summed E-state index contributed by atoms with van der Waals surface area (Å²) in [6, 6.07) is 14.8. The van der Waals surface area contributed by atoms with Gasteiger partial charge in [0.1, 0.15) is 29.8 Å². The maximum atomic E-state index is 11.6. The molecule has 0 fully saturated rings. The van der Waals surface area contributed by atoms with Gasteiger partial charge in [0.05, 0.1) is 17.0 Å². The number of ether oxygens (including phenoxy) is 2. The van der Waals surface area contributed by atoms with Crippen LogP contribution < -0.4 is 15.8 Å². The van der Waals surface area contributed by atoms with E-state index in [1.54, 1.807) is 32.0 Å². The van der Waals surface area contributed by atoms with Gasteiger partial charge in [0.15, 0.2) is 0 Å². The van der Waals surface area contributed by atoms with Crippen molar-refractivity contribution < 1.29 is 19.2 Å². The highest BCUT2D eigenvalue weighted by molar-refractivity contribution is 5.96. The molecule has 0 radical (unpaired) electrons. The Morgan fingerprint density at radius 2 is 1.97 bits per heavy atom. The van der Waals surface area contributed by atoms with E-state index in [1.165, 1.54) is 6.20 Å². The van der Waals surface area contributed by atoms with Gasteiger partial charge in [-0.2, -0.15) is 0 Å². The number of nitro groups is 1. The normalized spacial score (nSPS) is 11.1. The van der Waals surface area contributed by atoms with E-state index in [4.69, 9.17) is 15.2 Å². The van der Waals surface area contributed by atoms with Crippen LogP contribution in [0.5, 0.6) is 5.75 Å². The third-order valence-corrected chi connectivity index (χ3v) is 4.33. The van der Waals surface area contributed by atoms with Crippen LogP contribution in [0.15, 0.2) is 54.7 Å². The van der Waals surface area contributed by atoms with Crippen molar-refractivity contribution in [3.05, 3.63) is 70.4 Å². The van der Waals surface area contributed by atoms with E-state index in [0.29, 0.717) is 23.3 Å². The quantitative estimate of drug-likeness (QED) is 0.424. The number of carbonyl (C=O) groups excluding carboxylic acids is 1. The van der Waals surface area contributed by atoms with Crippen LogP contribution in [0.2, 0.25) is 0 Å². The SMILES string of the molecule is CC(C)(CNc1c([N+](=O)[O-])cnc2ccc(OCc3ccccc3)cc12)OC(N)=O. The number of hydrogen-bond acceptors (Lipinski definition) is 7. The molecule has 3 N–H and O–H groups in total. The van der Waals surface area contributed by atoms with Crippen molar-refractivity contribution in [3.8, 4) is 5.75 Å². The molecule has 156 valence electrons. The Labute approximate surface area is 173 Å². The topological polar surface area (TPSA) is 130 Å². The summed E-state index contributed by atoms with van der Waals surface area (Å²) < 4.78 is 10.9. The number of nitrogens with zero attached hydrogens (tertiary/aromatic N) is 2. The largest absolute Gasteiger partial charge is 0.489 e. The molecule has 9 nitrogen and oxygen atoms in total. The second-order valence-corrected chi connectivity index (χ2v) is 7.26. The molecular weight excluding hydrogens is 388 g/mol. The fourth-order valence-electron chi connectivity index (χ4n) is 2.93. The van der Waals surface area contributed by atoms with Gasteiger partial charge in [-0.15, -0.1) is 0 Å². The molecule has 0 bridgehead atoms. The molecule has 2 aromatic carbocycles. The van der Waals surface area contributed by atoms with Gasteiger partial charge in [-0.25, -0.2) is 9.78 Å².